The average Bonchev–Trinajstić information content (AvgIpc) is 2.43. The summed E-state index contributed by atoms with van der Waals surface area (Å²) in [6, 6.07) is 13.7. The minimum atomic E-state index is -0.838. The molecule has 1 unspecified atom stereocenters. The molecule has 4 nitrogen and oxygen atoms in total. The Morgan fingerprint density at radius 1 is 1.26 bits per heavy atom. The van der Waals surface area contributed by atoms with Gasteiger partial charge >= 0.3 is 5.97 Å². The molecule has 19 heavy (non-hydrogen) atoms. The van der Waals surface area contributed by atoms with Crippen LogP contribution in [-0.4, -0.2) is 37.8 Å². The van der Waals surface area contributed by atoms with Crippen LogP contribution in [-0.2, 0) is 4.79 Å². The highest BCUT2D eigenvalue weighted by molar-refractivity contribution is 5.86. The molecule has 0 aliphatic carbocycles. The number of likely N-dealkylation sites (N-methyl/N-ethyl adjacent to an activating group) is 2. The second kappa shape index (κ2) is 5.71. The first kappa shape index (κ1) is 13.4. The van der Waals surface area contributed by atoms with Gasteiger partial charge in [-0.15, -0.1) is 0 Å². The van der Waals surface area contributed by atoms with E-state index in [1.54, 1.807) is 7.05 Å². The molecule has 1 atom stereocenters. The van der Waals surface area contributed by atoms with Crippen LogP contribution in [0.5, 0.6) is 0 Å². The van der Waals surface area contributed by atoms with E-state index in [1.165, 1.54) is 5.39 Å². The van der Waals surface area contributed by atoms with Gasteiger partial charge < -0.3 is 15.3 Å². The maximum absolute atomic E-state index is 11.0. The van der Waals surface area contributed by atoms with Crippen LogP contribution in [0.2, 0.25) is 0 Å². The maximum atomic E-state index is 11.0. The number of fused-ring (bicyclic) bond motifs is 1. The van der Waals surface area contributed by atoms with E-state index in [0.29, 0.717) is 6.54 Å². The van der Waals surface area contributed by atoms with Crippen molar-refractivity contribution in [3.8, 4) is 0 Å². The molecule has 0 heterocycles. The summed E-state index contributed by atoms with van der Waals surface area (Å²) in [7, 11) is 3.56. The van der Waals surface area contributed by atoms with E-state index in [9.17, 15) is 4.79 Å². The second-order valence-corrected chi connectivity index (χ2v) is 4.59. The van der Waals surface area contributed by atoms with E-state index < -0.39 is 12.0 Å². The number of nitrogens with zero attached hydrogens (tertiary/aromatic N) is 1. The monoisotopic (exact) mass is 258 g/mol. The molecule has 2 aromatic carbocycles. The van der Waals surface area contributed by atoms with Crippen LogP contribution >= 0.6 is 0 Å². The second-order valence-electron chi connectivity index (χ2n) is 4.59. The highest BCUT2D eigenvalue weighted by Crippen LogP contribution is 2.21. The number of nitrogens with one attached hydrogen (secondary N) is 1. The zero-order valence-electron chi connectivity index (χ0n) is 11.1. The quantitative estimate of drug-likeness (QED) is 0.860. The molecule has 2 N–H and O–H groups in total. The number of carboxylic acid groups (broad SMARTS) is 1. The molecule has 0 fully saturated rings. The Hall–Kier alpha value is -2.07. The third-order valence-electron chi connectivity index (χ3n) is 3.28. The largest absolute Gasteiger partial charge is 0.480 e. The zero-order chi connectivity index (χ0) is 13.8. The first-order valence-corrected chi connectivity index (χ1v) is 6.22. The lowest BCUT2D eigenvalue weighted by Crippen LogP contribution is -2.43. The molecule has 100 valence electrons. The van der Waals surface area contributed by atoms with Gasteiger partial charge in [-0.1, -0.05) is 30.3 Å². The Bertz CT molecular complexity index is 583. The van der Waals surface area contributed by atoms with E-state index in [2.05, 4.69) is 29.6 Å². The van der Waals surface area contributed by atoms with Gasteiger partial charge in [-0.2, -0.15) is 0 Å². The molecule has 2 aromatic rings. The number of rotatable bonds is 5. The number of benzene rings is 2. The first-order valence-electron chi connectivity index (χ1n) is 6.22. The Morgan fingerprint density at radius 2 is 1.95 bits per heavy atom. The number of hydrogen-bond acceptors (Lipinski definition) is 3. The van der Waals surface area contributed by atoms with Gasteiger partial charge in [-0.05, 0) is 30.0 Å². The molecular weight excluding hydrogens is 240 g/mol. The van der Waals surface area contributed by atoms with Gasteiger partial charge in [0.2, 0.25) is 0 Å². The van der Waals surface area contributed by atoms with Crippen LogP contribution in [0.15, 0.2) is 42.5 Å². The summed E-state index contributed by atoms with van der Waals surface area (Å²) in [5.74, 6) is -0.838. The predicted octanol–water partition coefficient (Wildman–Crippen LogP) is 1.95. The fourth-order valence-electron chi connectivity index (χ4n) is 2.09. The van der Waals surface area contributed by atoms with Crippen LogP contribution in [0.25, 0.3) is 10.8 Å². The Labute approximate surface area is 112 Å². The molecule has 0 saturated heterocycles. The number of carboxylic acids is 1. The van der Waals surface area contributed by atoms with Crippen molar-refractivity contribution in [3.63, 3.8) is 0 Å². The van der Waals surface area contributed by atoms with Gasteiger partial charge in [0, 0.05) is 19.3 Å². The first-order chi connectivity index (χ1) is 9.11. The Balaban J connectivity index is 2.21. The molecule has 0 aliphatic rings. The van der Waals surface area contributed by atoms with Crippen molar-refractivity contribution >= 4 is 22.4 Å². The van der Waals surface area contributed by atoms with E-state index in [-0.39, 0.29) is 0 Å². The summed E-state index contributed by atoms with van der Waals surface area (Å²) in [6.45, 7) is 0.421. The van der Waals surface area contributed by atoms with Crippen LogP contribution in [0, 0.1) is 0 Å². The molecular formula is C15H18N2O2. The van der Waals surface area contributed by atoms with Crippen molar-refractivity contribution < 1.29 is 9.90 Å². The van der Waals surface area contributed by atoms with Crippen molar-refractivity contribution in [2.24, 2.45) is 0 Å². The highest BCUT2D eigenvalue weighted by atomic mass is 16.4. The van der Waals surface area contributed by atoms with E-state index in [0.717, 1.165) is 11.1 Å². The molecule has 0 aromatic heterocycles. The van der Waals surface area contributed by atoms with Crippen LogP contribution in [0.3, 0.4) is 0 Å². The minimum absolute atomic E-state index is 0.421. The standard InChI is InChI=1S/C15H18N2O2/c1-16-14(15(18)19)10-17(2)13-8-7-11-5-3-4-6-12(11)9-13/h3-9,14,16H,10H2,1-2H3,(H,18,19). The molecule has 0 saturated carbocycles. The summed E-state index contributed by atoms with van der Waals surface area (Å²) in [6.07, 6.45) is 0. The smallest absolute Gasteiger partial charge is 0.322 e. The highest BCUT2D eigenvalue weighted by Gasteiger charge is 2.17. The van der Waals surface area contributed by atoms with E-state index in [1.807, 2.05) is 30.1 Å². The van der Waals surface area contributed by atoms with Gasteiger partial charge in [0.05, 0.1) is 0 Å². The molecule has 0 radical (unpaired) electrons. The molecule has 0 bridgehead atoms. The lowest BCUT2D eigenvalue weighted by atomic mass is 10.1. The normalized spacial score (nSPS) is 12.3. The SMILES string of the molecule is CNC(CN(C)c1ccc2ccccc2c1)C(=O)O. The van der Waals surface area contributed by atoms with Crippen LogP contribution in [0.4, 0.5) is 5.69 Å². The van der Waals surface area contributed by atoms with Gasteiger partial charge in [0.15, 0.2) is 0 Å². The zero-order valence-corrected chi connectivity index (χ0v) is 11.1. The molecule has 4 heteroatoms. The number of anilines is 1. The topological polar surface area (TPSA) is 52.6 Å². The summed E-state index contributed by atoms with van der Waals surface area (Å²) >= 11 is 0. The molecule has 0 aliphatic heterocycles. The maximum Gasteiger partial charge on any atom is 0.322 e. The fourth-order valence-corrected chi connectivity index (χ4v) is 2.09. The van der Waals surface area contributed by atoms with Crippen LogP contribution < -0.4 is 10.2 Å². The third kappa shape index (κ3) is 3.03. The lowest BCUT2D eigenvalue weighted by Gasteiger charge is -2.23. The Morgan fingerprint density at radius 3 is 2.58 bits per heavy atom. The summed E-state index contributed by atoms with van der Waals surface area (Å²) in [4.78, 5) is 13.0. The van der Waals surface area contributed by atoms with Crippen molar-refractivity contribution in [3.05, 3.63) is 42.5 Å². The van der Waals surface area contributed by atoms with Gasteiger partial charge in [0.1, 0.15) is 6.04 Å². The van der Waals surface area contributed by atoms with Crippen molar-refractivity contribution in [2.75, 3.05) is 25.5 Å². The predicted molar refractivity (Wildman–Crippen MR) is 77.7 cm³/mol. The van der Waals surface area contributed by atoms with Crippen molar-refractivity contribution in [1.82, 2.24) is 5.32 Å². The Kier molecular flexibility index (Phi) is 4.02. The van der Waals surface area contributed by atoms with Gasteiger partial charge in [-0.3, -0.25) is 4.79 Å². The molecule has 2 rings (SSSR count). The van der Waals surface area contributed by atoms with Crippen molar-refractivity contribution in [2.45, 2.75) is 6.04 Å². The minimum Gasteiger partial charge on any atom is -0.480 e. The van der Waals surface area contributed by atoms with E-state index in [4.69, 9.17) is 5.11 Å². The van der Waals surface area contributed by atoms with Gasteiger partial charge in [-0.25, -0.2) is 0 Å². The molecule has 0 spiro atoms. The average molecular weight is 258 g/mol. The van der Waals surface area contributed by atoms with Gasteiger partial charge in [0.25, 0.3) is 0 Å². The number of carbonyl (C=O) groups is 1. The summed E-state index contributed by atoms with van der Waals surface area (Å²) in [5.41, 5.74) is 1.01. The van der Waals surface area contributed by atoms with Crippen molar-refractivity contribution in [1.29, 1.82) is 0 Å². The summed E-state index contributed by atoms with van der Waals surface area (Å²) in [5, 5.41) is 14.2. The number of hydrogen-bond donors (Lipinski definition) is 2. The van der Waals surface area contributed by atoms with E-state index >= 15 is 0 Å². The summed E-state index contributed by atoms with van der Waals surface area (Å²) < 4.78 is 0. The number of aliphatic carboxylic acids is 1. The van der Waals surface area contributed by atoms with Crippen LogP contribution in [0.1, 0.15) is 0 Å². The lowest BCUT2D eigenvalue weighted by molar-refractivity contribution is -0.139. The fraction of sp³-hybridized carbons (Fsp3) is 0.267. The molecule has 0 amide bonds. The third-order valence-corrected chi connectivity index (χ3v) is 3.28.